The maximum Gasteiger partial charge on any atom is 0.255 e. The van der Waals surface area contributed by atoms with Crippen LogP contribution in [-0.4, -0.2) is 27.1 Å². The first-order valence-corrected chi connectivity index (χ1v) is 9.64. The number of carbonyl (C=O) groups is 1. The SMILES string of the molecule is C=CCN(c1cccc(NC(=O)c2ccc(C)cc2C)c1)S(C)(=O)=O. The number of nitrogens with zero attached hydrogens (tertiary/aromatic N) is 1. The molecule has 0 saturated heterocycles. The van der Waals surface area contributed by atoms with Gasteiger partial charge in [0.25, 0.3) is 5.91 Å². The molecule has 5 nitrogen and oxygen atoms in total. The molecular weight excluding hydrogens is 336 g/mol. The van der Waals surface area contributed by atoms with Crippen molar-refractivity contribution < 1.29 is 13.2 Å². The van der Waals surface area contributed by atoms with Crippen molar-refractivity contribution in [3.8, 4) is 0 Å². The van der Waals surface area contributed by atoms with Crippen molar-refractivity contribution in [2.75, 3.05) is 22.4 Å². The van der Waals surface area contributed by atoms with Gasteiger partial charge in [-0.1, -0.05) is 29.8 Å². The molecule has 0 fully saturated rings. The number of aryl methyl sites for hydroxylation is 2. The predicted molar refractivity (Wildman–Crippen MR) is 103 cm³/mol. The summed E-state index contributed by atoms with van der Waals surface area (Å²) >= 11 is 0. The fourth-order valence-corrected chi connectivity index (χ4v) is 3.43. The van der Waals surface area contributed by atoms with Gasteiger partial charge in [0.2, 0.25) is 10.0 Å². The van der Waals surface area contributed by atoms with Crippen molar-refractivity contribution in [2.45, 2.75) is 13.8 Å². The summed E-state index contributed by atoms with van der Waals surface area (Å²) in [6.07, 6.45) is 2.65. The van der Waals surface area contributed by atoms with Crippen molar-refractivity contribution in [1.29, 1.82) is 0 Å². The lowest BCUT2D eigenvalue weighted by Gasteiger charge is -2.21. The molecule has 0 heterocycles. The van der Waals surface area contributed by atoms with Gasteiger partial charge in [0.05, 0.1) is 18.5 Å². The van der Waals surface area contributed by atoms with Crippen LogP contribution in [0.15, 0.2) is 55.1 Å². The fraction of sp³-hybridized carbons (Fsp3) is 0.211. The Morgan fingerprint density at radius 1 is 1.20 bits per heavy atom. The molecule has 2 aromatic rings. The van der Waals surface area contributed by atoms with Crippen molar-refractivity contribution >= 4 is 27.3 Å². The Morgan fingerprint density at radius 2 is 1.92 bits per heavy atom. The van der Waals surface area contributed by atoms with Crippen LogP contribution in [0, 0.1) is 13.8 Å². The van der Waals surface area contributed by atoms with Gasteiger partial charge in [0, 0.05) is 11.3 Å². The van der Waals surface area contributed by atoms with Crippen LogP contribution < -0.4 is 9.62 Å². The van der Waals surface area contributed by atoms with Crippen LogP contribution >= 0.6 is 0 Å². The fourth-order valence-electron chi connectivity index (χ4n) is 2.56. The molecule has 2 aromatic carbocycles. The van der Waals surface area contributed by atoms with E-state index in [9.17, 15) is 13.2 Å². The van der Waals surface area contributed by atoms with E-state index in [0.717, 1.165) is 17.4 Å². The predicted octanol–water partition coefficient (Wildman–Crippen LogP) is 3.51. The third-order valence-corrected chi connectivity index (χ3v) is 4.87. The Balaban J connectivity index is 2.29. The smallest absolute Gasteiger partial charge is 0.255 e. The molecule has 1 N–H and O–H groups in total. The molecule has 0 aromatic heterocycles. The number of anilines is 2. The van der Waals surface area contributed by atoms with E-state index in [1.54, 1.807) is 30.3 Å². The summed E-state index contributed by atoms with van der Waals surface area (Å²) in [5.74, 6) is -0.232. The van der Waals surface area contributed by atoms with Gasteiger partial charge in [-0.25, -0.2) is 8.42 Å². The highest BCUT2D eigenvalue weighted by atomic mass is 32.2. The molecule has 1 amide bonds. The summed E-state index contributed by atoms with van der Waals surface area (Å²) in [6.45, 7) is 7.60. The van der Waals surface area contributed by atoms with Gasteiger partial charge in [-0.05, 0) is 43.7 Å². The molecule has 0 radical (unpaired) electrons. The highest BCUT2D eigenvalue weighted by Crippen LogP contribution is 2.22. The molecule has 0 atom stereocenters. The van der Waals surface area contributed by atoms with E-state index >= 15 is 0 Å². The topological polar surface area (TPSA) is 66.5 Å². The first kappa shape index (κ1) is 18.7. The number of hydrogen-bond donors (Lipinski definition) is 1. The number of amides is 1. The number of hydrogen-bond acceptors (Lipinski definition) is 3. The highest BCUT2D eigenvalue weighted by Gasteiger charge is 2.17. The van der Waals surface area contributed by atoms with Gasteiger partial charge in [0.15, 0.2) is 0 Å². The second-order valence-corrected chi connectivity index (χ2v) is 7.81. The average Bonchev–Trinajstić information content (AvgIpc) is 2.51. The molecule has 25 heavy (non-hydrogen) atoms. The van der Waals surface area contributed by atoms with E-state index in [1.165, 1.54) is 10.4 Å². The summed E-state index contributed by atoms with van der Waals surface area (Å²) in [5.41, 5.74) is 3.56. The van der Waals surface area contributed by atoms with E-state index < -0.39 is 10.0 Å². The first-order chi connectivity index (χ1) is 11.7. The molecule has 2 rings (SSSR count). The molecule has 0 saturated carbocycles. The summed E-state index contributed by atoms with van der Waals surface area (Å²) in [4.78, 5) is 12.5. The Labute approximate surface area is 149 Å². The van der Waals surface area contributed by atoms with Gasteiger partial charge in [0.1, 0.15) is 0 Å². The lowest BCUT2D eigenvalue weighted by atomic mass is 10.1. The zero-order valence-corrected chi connectivity index (χ0v) is 15.4. The Morgan fingerprint density at radius 3 is 2.52 bits per heavy atom. The molecular formula is C19H22N2O3S. The lowest BCUT2D eigenvalue weighted by Crippen LogP contribution is -2.29. The molecule has 0 spiro atoms. The van der Waals surface area contributed by atoms with Crippen LogP contribution in [0.3, 0.4) is 0 Å². The molecule has 0 unspecified atom stereocenters. The van der Waals surface area contributed by atoms with Gasteiger partial charge < -0.3 is 5.32 Å². The number of benzene rings is 2. The van der Waals surface area contributed by atoms with Crippen LogP contribution in [0.2, 0.25) is 0 Å². The molecule has 0 aliphatic heterocycles. The largest absolute Gasteiger partial charge is 0.322 e. The quantitative estimate of drug-likeness (QED) is 0.804. The minimum absolute atomic E-state index is 0.160. The highest BCUT2D eigenvalue weighted by molar-refractivity contribution is 7.92. The third kappa shape index (κ3) is 4.70. The van der Waals surface area contributed by atoms with Gasteiger partial charge >= 0.3 is 0 Å². The van der Waals surface area contributed by atoms with Crippen molar-refractivity contribution in [3.63, 3.8) is 0 Å². The molecule has 6 heteroatoms. The van der Waals surface area contributed by atoms with Crippen LogP contribution in [0.4, 0.5) is 11.4 Å². The van der Waals surface area contributed by atoms with Crippen LogP contribution in [0.25, 0.3) is 0 Å². The van der Waals surface area contributed by atoms with Crippen LogP contribution in [0.5, 0.6) is 0 Å². The zero-order chi connectivity index (χ0) is 18.6. The van der Waals surface area contributed by atoms with Gasteiger partial charge in [-0.15, -0.1) is 6.58 Å². The summed E-state index contributed by atoms with van der Waals surface area (Å²) in [5, 5.41) is 2.82. The first-order valence-electron chi connectivity index (χ1n) is 7.79. The standard InChI is InChI=1S/C19H22N2O3S/c1-5-11-21(25(4,23)24)17-8-6-7-16(13-17)20-19(22)18-10-9-14(2)12-15(18)3/h5-10,12-13H,1,11H2,2-4H3,(H,20,22). The third-order valence-electron chi connectivity index (χ3n) is 3.71. The van der Waals surface area contributed by atoms with E-state index in [1.807, 2.05) is 26.0 Å². The molecule has 0 aliphatic carbocycles. The number of nitrogens with one attached hydrogen (secondary N) is 1. The lowest BCUT2D eigenvalue weighted by molar-refractivity contribution is 0.102. The second-order valence-electron chi connectivity index (χ2n) is 5.91. The summed E-state index contributed by atoms with van der Waals surface area (Å²) < 4.78 is 25.1. The zero-order valence-electron chi connectivity index (χ0n) is 14.6. The van der Waals surface area contributed by atoms with Gasteiger partial charge in [-0.3, -0.25) is 9.10 Å². The van der Waals surface area contributed by atoms with E-state index in [4.69, 9.17) is 0 Å². The minimum atomic E-state index is -3.44. The van der Waals surface area contributed by atoms with Crippen LogP contribution in [0.1, 0.15) is 21.5 Å². The second kappa shape index (κ2) is 7.53. The van der Waals surface area contributed by atoms with Crippen molar-refractivity contribution in [2.24, 2.45) is 0 Å². The van der Waals surface area contributed by atoms with Crippen molar-refractivity contribution in [1.82, 2.24) is 0 Å². The van der Waals surface area contributed by atoms with Crippen molar-refractivity contribution in [3.05, 3.63) is 71.8 Å². The Hall–Kier alpha value is -2.60. The number of sulfonamides is 1. The van der Waals surface area contributed by atoms with E-state index in [-0.39, 0.29) is 12.5 Å². The maximum atomic E-state index is 12.5. The molecule has 0 bridgehead atoms. The van der Waals surface area contributed by atoms with Crippen LogP contribution in [-0.2, 0) is 10.0 Å². The minimum Gasteiger partial charge on any atom is -0.322 e. The van der Waals surface area contributed by atoms with E-state index in [0.29, 0.717) is 16.9 Å². The monoisotopic (exact) mass is 358 g/mol. The molecule has 132 valence electrons. The Kier molecular flexibility index (Phi) is 5.64. The average molecular weight is 358 g/mol. The normalized spacial score (nSPS) is 11.0. The molecule has 0 aliphatic rings. The number of carbonyl (C=O) groups excluding carboxylic acids is 1. The van der Waals surface area contributed by atoms with Gasteiger partial charge in [-0.2, -0.15) is 0 Å². The summed E-state index contributed by atoms with van der Waals surface area (Å²) in [7, 11) is -3.44. The number of rotatable bonds is 6. The Bertz CT molecular complexity index is 905. The summed E-state index contributed by atoms with van der Waals surface area (Å²) in [6, 6.07) is 12.3. The van der Waals surface area contributed by atoms with E-state index in [2.05, 4.69) is 11.9 Å². The maximum absolute atomic E-state index is 12.5.